The Kier molecular flexibility index (Phi) is 5.21. The number of halogens is 1. The zero-order valence-corrected chi connectivity index (χ0v) is 15.1. The van der Waals surface area contributed by atoms with Gasteiger partial charge in [0.1, 0.15) is 6.54 Å². The molecule has 1 fully saturated rings. The topological polar surface area (TPSA) is 46.9 Å². The van der Waals surface area contributed by atoms with Gasteiger partial charge < -0.3 is 5.32 Å². The monoisotopic (exact) mass is 325 g/mol. The van der Waals surface area contributed by atoms with Crippen LogP contribution in [0, 0.1) is 25.2 Å². The summed E-state index contributed by atoms with van der Waals surface area (Å²) in [6.45, 7) is 10.8. The molecule has 124 valence electrons. The van der Waals surface area contributed by atoms with Crippen LogP contribution in [0.15, 0.2) is 0 Å². The van der Waals surface area contributed by atoms with Crippen molar-refractivity contribution in [3.8, 4) is 0 Å². The number of carbonyl (C=O) groups excluding carboxylic acids is 1. The molecule has 1 N–H and O–H groups in total. The fourth-order valence-electron chi connectivity index (χ4n) is 3.56. The Morgan fingerprint density at radius 1 is 1.32 bits per heavy atom. The molecule has 0 bridgehead atoms. The predicted octanol–water partition coefficient (Wildman–Crippen LogP) is 3.87. The van der Waals surface area contributed by atoms with Crippen LogP contribution in [0.1, 0.15) is 57.8 Å². The van der Waals surface area contributed by atoms with E-state index in [1.807, 2.05) is 13.8 Å². The maximum atomic E-state index is 12.4. The highest BCUT2D eigenvalue weighted by atomic mass is 35.5. The third kappa shape index (κ3) is 3.83. The first kappa shape index (κ1) is 17.3. The van der Waals surface area contributed by atoms with Crippen molar-refractivity contribution in [3.63, 3.8) is 0 Å². The lowest BCUT2D eigenvalue weighted by Gasteiger charge is -2.40. The highest BCUT2D eigenvalue weighted by Gasteiger charge is 2.34. The van der Waals surface area contributed by atoms with E-state index in [-0.39, 0.29) is 23.9 Å². The number of amides is 1. The van der Waals surface area contributed by atoms with Crippen LogP contribution >= 0.6 is 11.6 Å². The highest BCUT2D eigenvalue weighted by Crippen LogP contribution is 2.38. The molecule has 1 heterocycles. The number of aryl methyl sites for hydroxylation is 1. The summed E-state index contributed by atoms with van der Waals surface area (Å²) >= 11 is 6.14. The van der Waals surface area contributed by atoms with E-state index in [0.717, 1.165) is 17.8 Å². The molecule has 4 nitrogen and oxygen atoms in total. The maximum Gasteiger partial charge on any atom is 0.241 e. The molecule has 2 atom stereocenters. The second kappa shape index (κ2) is 6.61. The average molecular weight is 326 g/mol. The van der Waals surface area contributed by atoms with Crippen molar-refractivity contribution < 1.29 is 4.79 Å². The van der Waals surface area contributed by atoms with Crippen molar-refractivity contribution >= 4 is 17.5 Å². The minimum Gasteiger partial charge on any atom is -0.351 e. The van der Waals surface area contributed by atoms with Crippen molar-refractivity contribution in [3.05, 3.63) is 16.4 Å². The lowest BCUT2D eigenvalue weighted by molar-refractivity contribution is -0.123. The summed E-state index contributed by atoms with van der Waals surface area (Å²) in [5, 5.41) is 8.22. The summed E-state index contributed by atoms with van der Waals surface area (Å²) in [5.41, 5.74) is 1.85. The number of hydrogen-bond acceptors (Lipinski definition) is 2. The van der Waals surface area contributed by atoms with Crippen LogP contribution in [0.25, 0.3) is 0 Å². The summed E-state index contributed by atoms with van der Waals surface area (Å²) in [7, 11) is 0. The van der Waals surface area contributed by atoms with Crippen molar-refractivity contribution in [1.82, 2.24) is 15.1 Å². The maximum absolute atomic E-state index is 12.4. The minimum absolute atomic E-state index is 0.0309. The van der Waals surface area contributed by atoms with E-state index in [0.29, 0.717) is 10.9 Å². The van der Waals surface area contributed by atoms with Gasteiger partial charge in [-0.1, -0.05) is 45.2 Å². The normalized spacial score (nSPS) is 22.6. The molecule has 2 rings (SSSR count). The van der Waals surface area contributed by atoms with E-state index in [1.54, 1.807) is 4.68 Å². The zero-order chi connectivity index (χ0) is 16.5. The quantitative estimate of drug-likeness (QED) is 0.916. The summed E-state index contributed by atoms with van der Waals surface area (Å²) in [4.78, 5) is 12.4. The van der Waals surface area contributed by atoms with Crippen LogP contribution in [-0.4, -0.2) is 21.7 Å². The Morgan fingerprint density at radius 2 is 1.95 bits per heavy atom. The van der Waals surface area contributed by atoms with Gasteiger partial charge in [-0.05, 0) is 38.0 Å². The summed E-state index contributed by atoms with van der Waals surface area (Å²) < 4.78 is 1.70. The van der Waals surface area contributed by atoms with Crippen LogP contribution in [0.2, 0.25) is 5.02 Å². The van der Waals surface area contributed by atoms with E-state index in [9.17, 15) is 4.79 Å². The molecule has 1 amide bonds. The van der Waals surface area contributed by atoms with Gasteiger partial charge in [0.05, 0.1) is 16.4 Å². The van der Waals surface area contributed by atoms with E-state index >= 15 is 0 Å². The molecule has 0 saturated heterocycles. The Morgan fingerprint density at radius 3 is 2.50 bits per heavy atom. The third-order valence-electron chi connectivity index (χ3n) is 4.81. The average Bonchev–Trinajstić information content (AvgIpc) is 2.65. The van der Waals surface area contributed by atoms with E-state index in [4.69, 9.17) is 11.6 Å². The standard InChI is InChI=1S/C17H28ClN3O/c1-11-16(18)12(2)21(20-11)10-15(22)19-14-9-7-6-8-13(14)17(3,4)5/h13-14H,6-10H2,1-5H3,(H,19,22). The predicted molar refractivity (Wildman–Crippen MR) is 90.1 cm³/mol. The van der Waals surface area contributed by atoms with Crippen LogP contribution in [0.3, 0.4) is 0 Å². The summed E-state index contributed by atoms with van der Waals surface area (Å²) in [6.07, 6.45) is 4.73. The number of nitrogens with zero attached hydrogens (tertiary/aromatic N) is 2. The molecule has 22 heavy (non-hydrogen) atoms. The molecular weight excluding hydrogens is 298 g/mol. The van der Waals surface area contributed by atoms with Gasteiger partial charge in [-0.3, -0.25) is 9.48 Å². The van der Waals surface area contributed by atoms with Gasteiger partial charge in [-0.25, -0.2) is 0 Å². The van der Waals surface area contributed by atoms with Crippen molar-refractivity contribution in [2.75, 3.05) is 0 Å². The van der Waals surface area contributed by atoms with Crippen molar-refractivity contribution in [1.29, 1.82) is 0 Å². The second-order valence-corrected chi connectivity index (χ2v) is 7.95. The van der Waals surface area contributed by atoms with Gasteiger partial charge in [-0.15, -0.1) is 0 Å². The Labute approximate surface area is 138 Å². The van der Waals surface area contributed by atoms with Gasteiger partial charge in [0.2, 0.25) is 5.91 Å². The zero-order valence-electron chi connectivity index (χ0n) is 14.4. The summed E-state index contributed by atoms with van der Waals surface area (Å²) in [5.74, 6) is 0.567. The van der Waals surface area contributed by atoms with Crippen LogP contribution in [0.4, 0.5) is 0 Å². The number of carbonyl (C=O) groups is 1. The van der Waals surface area contributed by atoms with Crippen LogP contribution in [0.5, 0.6) is 0 Å². The number of aromatic nitrogens is 2. The van der Waals surface area contributed by atoms with Gasteiger partial charge >= 0.3 is 0 Å². The number of rotatable bonds is 3. The highest BCUT2D eigenvalue weighted by molar-refractivity contribution is 6.31. The van der Waals surface area contributed by atoms with Gasteiger partial charge in [0.15, 0.2) is 0 Å². The van der Waals surface area contributed by atoms with Gasteiger partial charge in [0, 0.05) is 6.04 Å². The van der Waals surface area contributed by atoms with E-state index in [2.05, 4.69) is 31.2 Å². The SMILES string of the molecule is Cc1nn(CC(=O)NC2CCCCC2C(C)(C)C)c(C)c1Cl. The van der Waals surface area contributed by atoms with Crippen LogP contribution in [-0.2, 0) is 11.3 Å². The molecule has 5 heteroatoms. The molecule has 1 aromatic heterocycles. The van der Waals surface area contributed by atoms with Crippen molar-refractivity contribution in [2.24, 2.45) is 11.3 Å². The molecular formula is C17H28ClN3O. The second-order valence-electron chi connectivity index (χ2n) is 7.57. The third-order valence-corrected chi connectivity index (χ3v) is 5.36. The molecule has 1 aliphatic rings. The Bertz CT molecular complexity index is 545. The molecule has 2 unspecified atom stereocenters. The van der Waals surface area contributed by atoms with Crippen molar-refractivity contribution in [2.45, 2.75) is 72.9 Å². The van der Waals surface area contributed by atoms with Gasteiger partial charge in [0.25, 0.3) is 0 Å². The number of hydrogen-bond donors (Lipinski definition) is 1. The Balaban J connectivity index is 2.02. The molecule has 0 aromatic carbocycles. The molecule has 1 aliphatic carbocycles. The van der Waals surface area contributed by atoms with Gasteiger partial charge in [-0.2, -0.15) is 5.10 Å². The first-order chi connectivity index (χ1) is 10.2. The first-order valence-electron chi connectivity index (χ1n) is 8.19. The molecule has 0 spiro atoms. The first-order valence-corrected chi connectivity index (χ1v) is 8.57. The molecule has 0 radical (unpaired) electrons. The molecule has 0 aliphatic heterocycles. The fraction of sp³-hybridized carbons (Fsp3) is 0.765. The lowest BCUT2D eigenvalue weighted by atomic mass is 9.69. The minimum atomic E-state index is 0.0309. The van der Waals surface area contributed by atoms with E-state index in [1.165, 1.54) is 19.3 Å². The lowest BCUT2D eigenvalue weighted by Crippen LogP contribution is -2.47. The summed E-state index contributed by atoms with van der Waals surface area (Å²) in [6, 6.07) is 0.272. The number of nitrogens with one attached hydrogen (secondary N) is 1. The molecule has 1 saturated carbocycles. The fourth-order valence-corrected chi connectivity index (χ4v) is 3.69. The van der Waals surface area contributed by atoms with E-state index < -0.39 is 0 Å². The molecule has 1 aromatic rings. The van der Waals surface area contributed by atoms with Crippen LogP contribution < -0.4 is 5.32 Å². The Hall–Kier alpha value is -1.03. The largest absolute Gasteiger partial charge is 0.351 e. The smallest absolute Gasteiger partial charge is 0.241 e.